The van der Waals surface area contributed by atoms with Crippen molar-refractivity contribution >= 4 is 29.9 Å². The van der Waals surface area contributed by atoms with E-state index in [4.69, 9.17) is 9.47 Å². The Morgan fingerprint density at radius 2 is 2.04 bits per heavy atom. The first-order chi connectivity index (χ1) is 11.5. The van der Waals surface area contributed by atoms with Gasteiger partial charge in [-0.15, -0.1) is 24.0 Å². The predicted octanol–water partition coefficient (Wildman–Crippen LogP) is 2.90. The fraction of sp³-hybridized carbons (Fsp3) is 0.938. The first-order valence-corrected chi connectivity index (χ1v) is 8.58. The molecule has 0 spiro atoms. The molecular weight excluding hydrogens is 450 g/mol. The standard InChI is InChI=1S/C16H28F3N3O2.HI/c1-20-15(22-7-8-24-13(10-22)11-23-2)21-9-12-5-3-4-6-14(12)16(17,18)19;/h12-14H,3-11H2,1-2H3,(H,20,21);1H. The Morgan fingerprint density at radius 3 is 2.68 bits per heavy atom. The number of rotatable bonds is 4. The maximum atomic E-state index is 13.2. The second-order valence-corrected chi connectivity index (χ2v) is 6.51. The average molecular weight is 479 g/mol. The van der Waals surface area contributed by atoms with Gasteiger partial charge in [-0.1, -0.05) is 12.8 Å². The number of hydrogen-bond donors (Lipinski definition) is 1. The molecule has 0 bridgehead atoms. The molecule has 1 saturated heterocycles. The summed E-state index contributed by atoms with van der Waals surface area (Å²) in [6, 6.07) is 0. The first kappa shape index (κ1) is 22.8. The molecule has 2 aliphatic rings. The Bertz CT molecular complexity index is 422. The van der Waals surface area contributed by atoms with Gasteiger partial charge in [0.25, 0.3) is 0 Å². The summed E-state index contributed by atoms with van der Waals surface area (Å²) < 4.78 is 50.3. The monoisotopic (exact) mass is 479 g/mol. The van der Waals surface area contributed by atoms with Gasteiger partial charge >= 0.3 is 6.18 Å². The zero-order chi connectivity index (χ0) is 17.6. The van der Waals surface area contributed by atoms with Crippen molar-refractivity contribution in [3.63, 3.8) is 0 Å². The summed E-state index contributed by atoms with van der Waals surface area (Å²) in [5, 5.41) is 3.15. The van der Waals surface area contributed by atoms with E-state index >= 15 is 0 Å². The van der Waals surface area contributed by atoms with Gasteiger partial charge in [0, 0.05) is 33.8 Å². The van der Waals surface area contributed by atoms with Crippen LogP contribution in [0.4, 0.5) is 13.2 Å². The molecule has 3 atom stereocenters. The summed E-state index contributed by atoms with van der Waals surface area (Å²) in [6.45, 7) is 2.66. The van der Waals surface area contributed by atoms with Gasteiger partial charge in [-0.2, -0.15) is 13.2 Å². The molecule has 1 N–H and O–H groups in total. The molecule has 1 saturated carbocycles. The Balaban J connectivity index is 0.00000312. The number of hydrogen-bond acceptors (Lipinski definition) is 3. The predicted molar refractivity (Wildman–Crippen MR) is 101 cm³/mol. The minimum Gasteiger partial charge on any atom is -0.382 e. The third kappa shape index (κ3) is 6.74. The maximum Gasteiger partial charge on any atom is 0.392 e. The highest BCUT2D eigenvalue weighted by Crippen LogP contribution is 2.41. The molecule has 25 heavy (non-hydrogen) atoms. The van der Waals surface area contributed by atoms with Crippen molar-refractivity contribution in [3.8, 4) is 0 Å². The number of morpholine rings is 1. The van der Waals surface area contributed by atoms with Crippen LogP contribution in [0.25, 0.3) is 0 Å². The number of aliphatic imine (C=N–C) groups is 1. The minimum atomic E-state index is -4.11. The van der Waals surface area contributed by atoms with E-state index in [0.29, 0.717) is 51.6 Å². The van der Waals surface area contributed by atoms with Crippen LogP contribution in [0.2, 0.25) is 0 Å². The third-order valence-electron chi connectivity index (χ3n) is 4.85. The Labute approximate surface area is 164 Å². The number of nitrogens with one attached hydrogen (secondary N) is 1. The SMILES string of the molecule is CN=C(NCC1CCCCC1C(F)(F)F)N1CCOC(COC)C1.I. The number of guanidine groups is 1. The highest BCUT2D eigenvalue weighted by molar-refractivity contribution is 14.0. The van der Waals surface area contributed by atoms with Crippen LogP contribution in [0.1, 0.15) is 25.7 Å². The lowest BCUT2D eigenvalue weighted by molar-refractivity contribution is -0.195. The van der Waals surface area contributed by atoms with E-state index in [1.165, 1.54) is 0 Å². The highest BCUT2D eigenvalue weighted by atomic mass is 127. The van der Waals surface area contributed by atoms with Crippen molar-refractivity contribution in [2.45, 2.75) is 38.0 Å². The van der Waals surface area contributed by atoms with Crippen molar-refractivity contribution in [2.75, 3.05) is 47.0 Å². The first-order valence-electron chi connectivity index (χ1n) is 8.58. The average Bonchev–Trinajstić information content (AvgIpc) is 2.56. The van der Waals surface area contributed by atoms with Gasteiger partial charge in [0.05, 0.1) is 25.2 Å². The van der Waals surface area contributed by atoms with Crippen LogP contribution < -0.4 is 5.32 Å². The van der Waals surface area contributed by atoms with Crippen LogP contribution in [-0.4, -0.2) is 70.1 Å². The van der Waals surface area contributed by atoms with Gasteiger partial charge in [-0.25, -0.2) is 0 Å². The van der Waals surface area contributed by atoms with Crippen molar-refractivity contribution in [1.29, 1.82) is 0 Å². The van der Waals surface area contributed by atoms with Gasteiger partial charge in [0.15, 0.2) is 5.96 Å². The molecule has 5 nitrogen and oxygen atoms in total. The van der Waals surface area contributed by atoms with Gasteiger partial charge in [0.1, 0.15) is 0 Å². The van der Waals surface area contributed by atoms with Crippen LogP contribution in [0.5, 0.6) is 0 Å². The normalized spacial score (nSPS) is 28.4. The van der Waals surface area contributed by atoms with E-state index in [1.54, 1.807) is 14.2 Å². The van der Waals surface area contributed by atoms with E-state index in [9.17, 15) is 13.2 Å². The molecule has 0 radical (unpaired) electrons. The van der Waals surface area contributed by atoms with Crippen LogP contribution in [0, 0.1) is 11.8 Å². The number of halogens is 4. The lowest BCUT2D eigenvalue weighted by Crippen LogP contribution is -2.52. The second kappa shape index (κ2) is 10.8. The smallest absolute Gasteiger partial charge is 0.382 e. The zero-order valence-corrected chi connectivity index (χ0v) is 17.2. The molecule has 3 unspecified atom stereocenters. The van der Waals surface area contributed by atoms with E-state index in [0.717, 1.165) is 6.42 Å². The molecule has 1 heterocycles. The Hall–Kier alpha value is -0.290. The Kier molecular flexibility index (Phi) is 9.79. The Morgan fingerprint density at radius 1 is 1.32 bits per heavy atom. The largest absolute Gasteiger partial charge is 0.392 e. The fourth-order valence-electron chi connectivity index (χ4n) is 3.64. The molecule has 2 fully saturated rings. The van der Waals surface area contributed by atoms with Crippen molar-refractivity contribution in [1.82, 2.24) is 10.2 Å². The molecule has 2 rings (SSSR count). The molecule has 1 aliphatic heterocycles. The summed E-state index contributed by atoms with van der Waals surface area (Å²) in [6.07, 6.45) is -1.77. The molecule has 9 heteroatoms. The van der Waals surface area contributed by atoms with E-state index in [2.05, 4.69) is 10.3 Å². The van der Waals surface area contributed by atoms with E-state index in [1.807, 2.05) is 4.90 Å². The van der Waals surface area contributed by atoms with Crippen LogP contribution in [0.3, 0.4) is 0 Å². The van der Waals surface area contributed by atoms with E-state index < -0.39 is 12.1 Å². The topological polar surface area (TPSA) is 46.1 Å². The molecule has 0 amide bonds. The third-order valence-corrected chi connectivity index (χ3v) is 4.85. The molecule has 0 aromatic heterocycles. The van der Waals surface area contributed by atoms with Crippen LogP contribution >= 0.6 is 24.0 Å². The summed E-state index contributed by atoms with van der Waals surface area (Å²) in [7, 11) is 3.28. The molecule has 148 valence electrons. The quantitative estimate of drug-likeness (QED) is 0.383. The molecule has 1 aliphatic carbocycles. The second-order valence-electron chi connectivity index (χ2n) is 6.51. The summed E-state index contributed by atoms with van der Waals surface area (Å²) in [5.74, 6) is -0.944. The van der Waals surface area contributed by atoms with Gasteiger partial charge in [0.2, 0.25) is 0 Å². The molecular formula is C16H29F3IN3O2. The van der Waals surface area contributed by atoms with Crippen LogP contribution in [-0.2, 0) is 9.47 Å². The lowest BCUT2D eigenvalue weighted by atomic mass is 9.79. The molecule has 0 aromatic rings. The molecule has 0 aromatic carbocycles. The van der Waals surface area contributed by atoms with Crippen molar-refractivity contribution in [3.05, 3.63) is 0 Å². The lowest BCUT2D eigenvalue weighted by Gasteiger charge is -2.37. The van der Waals surface area contributed by atoms with E-state index in [-0.39, 0.29) is 42.4 Å². The summed E-state index contributed by atoms with van der Waals surface area (Å²) >= 11 is 0. The number of methoxy groups -OCH3 is 1. The van der Waals surface area contributed by atoms with Crippen molar-refractivity contribution < 1.29 is 22.6 Å². The maximum absolute atomic E-state index is 13.2. The summed E-state index contributed by atoms with van der Waals surface area (Å²) in [4.78, 5) is 6.26. The van der Waals surface area contributed by atoms with Gasteiger partial charge in [-0.05, 0) is 18.8 Å². The number of ether oxygens (including phenoxy) is 2. The van der Waals surface area contributed by atoms with Gasteiger partial charge in [-0.3, -0.25) is 4.99 Å². The van der Waals surface area contributed by atoms with Crippen molar-refractivity contribution in [2.24, 2.45) is 16.8 Å². The highest BCUT2D eigenvalue weighted by Gasteiger charge is 2.45. The van der Waals surface area contributed by atoms with Gasteiger partial charge < -0.3 is 19.7 Å². The summed E-state index contributed by atoms with van der Waals surface area (Å²) in [5.41, 5.74) is 0. The zero-order valence-electron chi connectivity index (χ0n) is 14.8. The number of nitrogens with zero attached hydrogens (tertiary/aromatic N) is 2. The minimum absolute atomic E-state index is 0. The van der Waals surface area contributed by atoms with Crippen LogP contribution in [0.15, 0.2) is 4.99 Å². The fourth-order valence-corrected chi connectivity index (χ4v) is 3.64. The number of alkyl halides is 3.